The normalized spacial score (nSPS) is 10.9. The Hall–Kier alpha value is -3.99. The summed E-state index contributed by atoms with van der Waals surface area (Å²) in [6.45, 7) is 0. The van der Waals surface area contributed by atoms with Crippen LogP contribution in [0.2, 0.25) is 0 Å². The molecule has 0 fully saturated rings. The van der Waals surface area contributed by atoms with Crippen LogP contribution in [0.15, 0.2) is 108 Å². The highest BCUT2D eigenvalue weighted by Gasteiger charge is 2.11. The van der Waals surface area contributed by atoms with Gasteiger partial charge in [-0.1, -0.05) is 48.5 Å². The van der Waals surface area contributed by atoms with Crippen LogP contribution in [0.3, 0.4) is 0 Å². The molecule has 30 heavy (non-hydrogen) atoms. The molecule has 0 saturated heterocycles. The second kappa shape index (κ2) is 9.01. The highest BCUT2D eigenvalue weighted by Crippen LogP contribution is 2.33. The lowest BCUT2D eigenvalue weighted by Crippen LogP contribution is -2.09. The highest BCUT2D eigenvalue weighted by atomic mass is 19.1. The summed E-state index contributed by atoms with van der Waals surface area (Å²) in [5.41, 5.74) is 6.66. The van der Waals surface area contributed by atoms with E-state index in [9.17, 15) is 8.78 Å². The summed E-state index contributed by atoms with van der Waals surface area (Å²) < 4.78 is 26.6. The van der Waals surface area contributed by atoms with Gasteiger partial charge in [0.1, 0.15) is 5.82 Å². The third-order valence-electron chi connectivity index (χ3n) is 4.51. The Morgan fingerprint density at radius 3 is 1.80 bits per heavy atom. The molecule has 0 heterocycles. The minimum atomic E-state index is -0.691. The van der Waals surface area contributed by atoms with Crippen molar-refractivity contribution < 1.29 is 8.78 Å². The Balaban J connectivity index is 1.55. The number of nitrogens with zero attached hydrogens (tertiary/aromatic N) is 2. The van der Waals surface area contributed by atoms with Gasteiger partial charge in [0, 0.05) is 23.1 Å². The Labute approximate surface area is 173 Å². The summed E-state index contributed by atoms with van der Waals surface area (Å²) in [7, 11) is 0. The predicted octanol–water partition coefficient (Wildman–Crippen LogP) is 6.88. The number of hydrogen-bond acceptors (Lipinski definition) is 3. The fraction of sp³-hybridized carbons (Fsp3) is 0. The molecule has 3 nitrogen and oxygen atoms in total. The van der Waals surface area contributed by atoms with E-state index in [4.69, 9.17) is 0 Å². The molecule has 0 aromatic heterocycles. The number of anilines is 4. The van der Waals surface area contributed by atoms with Gasteiger partial charge < -0.3 is 4.90 Å². The Morgan fingerprint density at radius 1 is 0.667 bits per heavy atom. The van der Waals surface area contributed by atoms with E-state index in [1.165, 1.54) is 12.1 Å². The molecule has 0 unspecified atom stereocenters. The van der Waals surface area contributed by atoms with Crippen molar-refractivity contribution in [2.24, 2.45) is 5.10 Å². The van der Waals surface area contributed by atoms with Crippen molar-refractivity contribution in [1.29, 1.82) is 0 Å². The zero-order valence-electron chi connectivity index (χ0n) is 16.0. The second-order valence-corrected chi connectivity index (χ2v) is 6.59. The van der Waals surface area contributed by atoms with E-state index in [0.29, 0.717) is 0 Å². The average Bonchev–Trinajstić information content (AvgIpc) is 2.78. The Bertz CT molecular complexity index is 1090. The predicted molar refractivity (Wildman–Crippen MR) is 119 cm³/mol. The van der Waals surface area contributed by atoms with Crippen molar-refractivity contribution in [2.75, 3.05) is 10.3 Å². The SMILES string of the molecule is Fc1ccc(N/N=C\c2ccc(N(c3ccccc3)c3ccccc3)cc2)c(F)c1. The number of hydrogen-bond donors (Lipinski definition) is 1. The number of rotatable bonds is 6. The topological polar surface area (TPSA) is 27.6 Å². The molecule has 0 bridgehead atoms. The van der Waals surface area contributed by atoms with Gasteiger partial charge in [-0.25, -0.2) is 8.78 Å². The Morgan fingerprint density at radius 2 is 1.23 bits per heavy atom. The van der Waals surface area contributed by atoms with Gasteiger partial charge in [0.15, 0.2) is 5.82 Å². The zero-order valence-corrected chi connectivity index (χ0v) is 16.0. The molecular formula is C25H19F2N3. The van der Waals surface area contributed by atoms with E-state index in [0.717, 1.165) is 28.7 Å². The summed E-state index contributed by atoms with van der Waals surface area (Å²) in [4.78, 5) is 2.16. The first-order chi connectivity index (χ1) is 14.7. The molecule has 0 spiro atoms. The van der Waals surface area contributed by atoms with Gasteiger partial charge in [0.25, 0.3) is 0 Å². The molecule has 0 amide bonds. The molecule has 1 N–H and O–H groups in total. The van der Waals surface area contributed by atoms with Crippen molar-refractivity contribution in [1.82, 2.24) is 0 Å². The molecule has 148 valence electrons. The first-order valence-corrected chi connectivity index (χ1v) is 9.45. The minimum Gasteiger partial charge on any atom is -0.311 e. The maximum absolute atomic E-state index is 13.7. The van der Waals surface area contributed by atoms with Crippen LogP contribution >= 0.6 is 0 Å². The van der Waals surface area contributed by atoms with Crippen molar-refractivity contribution >= 4 is 29.0 Å². The van der Waals surface area contributed by atoms with Crippen LogP contribution in [0.4, 0.5) is 31.5 Å². The second-order valence-electron chi connectivity index (χ2n) is 6.59. The number of benzene rings is 4. The molecule has 4 rings (SSSR count). The van der Waals surface area contributed by atoms with Crippen molar-refractivity contribution in [2.45, 2.75) is 0 Å². The van der Waals surface area contributed by atoms with Crippen molar-refractivity contribution in [3.05, 3.63) is 120 Å². The first-order valence-electron chi connectivity index (χ1n) is 9.45. The van der Waals surface area contributed by atoms with Crippen LogP contribution < -0.4 is 10.3 Å². The summed E-state index contributed by atoms with van der Waals surface area (Å²) in [6, 6.07) is 31.4. The molecule has 0 atom stereocenters. The standard InChI is InChI=1S/C25H19F2N3/c26-20-13-16-25(24(27)17-20)29-28-18-19-11-14-23(15-12-19)30(21-7-3-1-4-8-21)22-9-5-2-6-10-22/h1-18,29H/b28-18-. The average molecular weight is 399 g/mol. The van der Waals surface area contributed by atoms with E-state index >= 15 is 0 Å². The third kappa shape index (κ3) is 4.52. The van der Waals surface area contributed by atoms with Crippen LogP contribution in [0.25, 0.3) is 0 Å². The summed E-state index contributed by atoms with van der Waals surface area (Å²) in [5, 5.41) is 4.04. The number of hydrazone groups is 1. The molecule has 5 heteroatoms. The summed E-state index contributed by atoms with van der Waals surface area (Å²) >= 11 is 0. The lowest BCUT2D eigenvalue weighted by atomic mass is 10.1. The van der Waals surface area contributed by atoms with E-state index in [1.807, 2.05) is 60.7 Å². The lowest BCUT2D eigenvalue weighted by molar-refractivity contribution is 0.585. The van der Waals surface area contributed by atoms with E-state index < -0.39 is 11.6 Å². The Kier molecular flexibility index (Phi) is 5.80. The number of para-hydroxylation sites is 2. The van der Waals surface area contributed by atoms with Crippen LogP contribution in [0.5, 0.6) is 0 Å². The molecule has 4 aromatic carbocycles. The lowest BCUT2D eigenvalue weighted by Gasteiger charge is -2.25. The maximum Gasteiger partial charge on any atom is 0.151 e. The fourth-order valence-corrected chi connectivity index (χ4v) is 3.07. The van der Waals surface area contributed by atoms with E-state index in [2.05, 4.69) is 39.7 Å². The smallest absolute Gasteiger partial charge is 0.151 e. The van der Waals surface area contributed by atoms with E-state index in [-0.39, 0.29) is 5.69 Å². The fourth-order valence-electron chi connectivity index (χ4n) is 3.07. The summed E-state index contributed by atoms with van der Waals surface area (Å²) in [6.07, 6.45) is 1.59. The van der Waals surface area contributed by atoms with Crippen LogP contribution in [0, 0.1) is 11.6 Å². The quantitative estimate of drug-likeness (QED) is 0.283. The summed E-state index contributed by atoms with van der Waals surface area (Å²) in [5.74, 6) is -1.32. The molecule has 0 aliphatic heterocycles. The van der Waals surface area contributed by atoms with Gasteiger partial charge in [0.2, 0.25) is 0 Å². The van der Waals surface area contributed by atoms with Crippen LogP contribution in [-0.2, 0) is 0 Å². The zero-order chi connectivity index (χ0) is 20.8. The largest absolute Gasteiger partial charge is 0.311 e. The van der Waals surface area contributed by atoms with Gasteiger partial charge in [-0.05, 0) is 54.1 Å². The highest BCUT2D eigenvalue weighted by molar-refractivity contribution is 5.83. The number of nitrogens with one attached hydrogen (secondary N) is 1. The molecular weight excluding hydrogens is 380 g/mol. The van der Waals surface area contributed by atoms with Gasteiger partial charge in [0.05, 0.1) is 11.9 Å². The monoisotopic (exact) mass is 399 g/mol. The van der Waals surface area contributed by atoms with Gasteiger partial charge in [-0.2, -0.15) is 5.10 Å². The molecule has 0 aliphatic rings. The molecule has 4 aromatic rings. The van der Waals surface area contributed by atoms with Gasteiger partial charge in [-0.3, -0.25) is 5.43 Å². The molecule has 0 saturated carbocycles. The van der Waals surface area contributed by atoms with Crippen LogP contribution in [0.1, 0.15) is 5.56 Å². The van der Waals surface area contributed by atoms with Crippen molar-refractivity contribution in [3.63, 3.8) is 0 Å². The van der Waals surface area contributed by atoms with Crippen molar-refractivity contribution in [3.8, 4) is 0 Å². The number of halogens is 2. The molecule has 0 radical (unpaired) electrons. The van der Waals surface area contributed by atoms with Gasteiger partial charge in [-0.15, -0.1) is 0 Å². The van der Waals surface area contributed by atoms with Gasteiger partial charge >= 0.3 is 0 Å². The molecule has 0 aliphatic carbocycles. The van der Waals surface area contributed by atoms with E-state index in [1.54, 1.807) is 6.21 Å². The third-order valence-corrected chi connectivity index (χ3v) is 4.51. The first kappa shape index (κ1) is 19.3. The minimum absolute atomic E-state index is 0.114. The maximum atomic E-state index is 13.7. The van der Waals surface area contributed by atoms with Crippen LogP contribution in [-0.4, -0.2) is 6.21 Å².